The number of carboxylic acid groups (broad SMARTS) is 1. The molecule has 40 heavy (non-hydrogen) atoms. The lowest BCUT2D eigenvalue weighted by atomic mass is 9.41. The first kappa shape index (κ1) is 28.8. The van der Waals surface area contributed by atoms with Gasteiger partial charge in [-0.2, -0.15) is 5.10 Å². The highest BCUT2D eigenvalue weighted by atomic mass is 19.1. The third-order valence-electron chi connectivity index (χ3n) is 11.4. The Morgan fingerprint density at radius 2 is 2.02 bits per heavy atom. The molecule has 1 aliphatic heterocycles. The number of hydrogen-bond acceptors (Lipinski definition) is 7. The predicted octanol–water partition coefficient (Wildman–Crippen LogP) is 3.04. The van der Waals surface area contributed by atoms with Gasteiger partial charge in [-0.3, -0.25) is 4.79 Å². The third kappa shape index (κ3) is 3.96. The monoisotopic (exact) mass is 554 g/mol. The van der Waals surface area contributed by atoms with Gasteiger partial charge in [-0.1, -0.05) is 39.8 Å². The highest BCUT2D eigenvalue weighted by molar-refractivity contribution is 6.65. The van der Waals surface area contributed by atoms with Crippen molar-refractivity contribution >= 4 is 30.5 Å². The fourth-order valence-electron chi connectivity index (χ4n) is 8.70. The number of benzene rings is 1. The second-order valence-electron chi connectivity index (χ2n) is 13.2. The van der Waals surface area contributed by atoms with E-state index < -0.39 is 65.3 Å². The van der Waals surface area contributed by atoms with Gasteiger partial charge >= 0.3 is 13.0 Å². The first-order valence-electron chi connectivity index (χ1n) is 14.2. The van der Waals surface area contributed by atoms with Crippen LogP contribution in [0.25, 0.3) is 0 Å². The molecule has 1 aromatic carbocycles. The number of carbonyl (C=O) groups excluding carboxylic acids is 1. The number of fused-ring (bicyclic) bond motifs is 1. The molecular formula is C30H40BFN2O6. The molecule has 0 spiro atoms. The minimum atomic E-state index is -1.65. The van der Waals surface area contributed by atoms with Crippen LogP contribution in [0, 0.1) is 39.9 Å². The van der Waals surface area contributed by atoms with Crippen molar-refractivity contribution in [2.75, 3.05) is 7.05 Å². The molecule has 0 radical (unpaired) electrons. The van der Waals surface area contributed by atoms with E-state index in [1.54, 1.807) is 37.5 Å². The van der Waals surface area contributed by atoms with E-state index in [0.717, 1.165) is 0 Å². The Morgan fingerprint density at radius 3 is 2.67 bits per heavy atom. The van der Waals surface area contributed by atoms with E-state index in [9.17, 15) is 24.8 Å². The van der Waals surface area contributed by atoms with Crippen molar-refractivity contribution in [2.24, 2.45) is 45.0 Å². The summed E-state index contributed by atoms with van der Waals surface area (Å²) in [6.07, 6.45) is 0.791. The molecule has 8 nitrogen and oxygen atoms in total. The predicted molar refractivity (Wildman–Crippen MR) is 150 cm³/mol. The minimum Gasteiger partial charge on any atom is -0.478 e. The summed E-state index contributed by atoms with van der Waals surface area (Å²) >= 11 is 0. The molecule has 4 aliphatic rings. The number of ether oxygens (including phenoxy) is 1. The van der Waals surface area contributed by atoms with Crippen LogP contribution in [-0.2, 0) is 9.59 Å². The molecule has 1 aromatic rings. The molecule has 3 saturated carbocycles. The van der Waals surface area contributed by atoms with E-state index in [-0.39, 0.29) is 30.4 Å². The van der Waals surface area contributed by atoms with Crippen LogP contribution in [0.4, 0.5) is 4.39 Å². The molecule has 0 amide bonds. The minimum absolute atomic E-state index is 0.0351. The van der Waals surface area contributed by atoms with Crippen molar-refractivity contribution in [1.82, 2.24) is 4.92 Å². The molecule has 216 valence electrons. The Bertz CT molecular complexity index is 1260. The average molecular weight is 554 g/mol. The smallest absolute Gasteiger partial charge is 0.466 e. The number of hydrazone groups is 1. The van der Waals surface area contributed by atoms with E-state index in [2.05, 4.69) is 11.7 Å². The lowest BCUT2D eigenvalue weighted by Gasteiger charge is -2.62. The fourth-order valence-corrected chi connectivity index (χ4v) is 8.70. The molecule has 3 aliphatic carbocycles. The molecular weight excluding hydrogens is 514 g/mol. The van der Waals surface area contributed by atoms with Gasteiger partial charge in [0.2, 0.25) is 0 Å². The second kappa shape index (κ2) is 9.69. The normalized spacial score (nSPS) is 41.5. The summed E-state index contributed by atoms with van der Waals surface area (Å²) in [6, 6.07) is 4.96. The van der Waals surface area contributed by atoms with Gasteiger partial charge in [0.1, 0.15) is 5.75 Å². The summed E-state index contributed by atoms with van der Waals surface area (Å²) in [5.41, 5.74) is -1.39. The SMILES string of the molecule is C=C[C@]1(C)C[C@@H](C(Oc2ccc3c(c2)B(O)N(C)N=C3)C(=O)O)[C@@]2(C)[C@H](C)CC[C@]3(CC(F)C(=O)[C@H]32)[C@@H](C)[C@@H]1O. The van der Waals surface area contributed by atoms with Crippen molar-refractivity contribution < 1.29 is 34.0 Å². The van der Waals surface area contributed by atoms with Gasteiger partial charge in [0.15, 0.2) is 18.1 Å². The van der Waals surface area contributed by atoms with Crippen LogP contribution < -0.4 is 10.2 Å². The zero-order valence-electron chi connectivity index (χ0n) is 23.9. The zero-order chi connectivity index (χ0) is 29.4. The van der Waals surface area contributed by atoms with Crippen molar-refractivity contribution in [3.63, 3.8) is 0 Å². The molecule has 10 atom stereocenters. The molecule has 0 aromatic heterocycles. The van der Waals surface area contributed by atoms with E-state index in [1.165, 1.54) is 4.92 Å². The fraction of sp³-hybridized carbons (Fsp3) is 0.633. The van der Waals surface area contributed by atoms with Gasteiger partial charge < -0.3 is 24.9 Å². The molecule has 3 fully saturated rings. The van der Waals surface area contributed by atoms with Crippen molar-refractivity contribution in [3.8, 4) is 5.75 Å². The van der Waals surface area contributed by atoms with Crippen LogP contribution in [0.15, 0.2) is 36.0 Å². The van der Waals surface area contributed by atoms with Crippen molar-refractivity contribution in [3.05, 3.63) is 36.4 Å². The Balaban J connectivity index is 1.66. The number of Topliss-reactive ketones (excluding diaryl/α,β-unsaturated/α-hetero) is 1. The third-order valence-corrected chi connectivity index (χ3v) is 11.4. The lowest BCUT2D eigenvalue weighted by molar-refractivity contribution is -0.193. The summed E-state index contributed by atoms with van der Waals surface area (Å²) in [7, 11) is 0.603. The van der Waals surface area contributed by atoms with Crippen LogP contribution >= 0.6 is 0 Å². The first-order chi connectivity index (χ1) is 18.7. The number of halogens is 1. The Hall–Kier alpha value is -2.72. The number of ketones is 1. The van der Waals surface area contributed by atoms with Gasteiger partial charge in [0, 0.05) is 24.3 Å². The molecule has 5 rings (SSSR count). The van der Waals surface area contributed by atoms with E-state index in [4.69, 9.17) is 4.74 Å². The molecule has 2 unspecified atom stereocenters. The number of aliphatic hydroxyl groups excluding tert-OH is 1. The van der Waals surface area contributed by atoms with Gasteiger partial charge in [0.25, 0.3) is 0 Å². The summed E-state index contributed by atoms with van der Waals surface area (Å²) in [5, 5.41) is 37.2. The van der Waals surface area contributed by atoms with Gasteiger partial charge in [-0.15, -0.1) is 6.58 Å². The van der Waals surface area contributed by atoms with Crippen LogP contribution in [0.2, 0.25) is 0 Å². The first-order valence-corrected chi connectivity index (χ1v) is 14.2. The number of alkyl halides is 1. The maximum absolute atomic E-state index is 15.4. The van der Waals surface area contributed by atoms with E-state index >= 15 is 4.39 Å². The van der Waals surface area contributed by atoms with Crippen LogP contribution in [0.5, 0.6) is 5.75 Å². The highest BCUT2D eigenvalue weighted by Crippen LogP contribution is 2.69. The number of hydrogen-bond donors (Lipinski definition) is 3. The maximum Gasteiger partial charge on any atom is 0.466 e. The standard InChI is InChI=1S/C30H40BFN2O6/c1-7-28(4)13-20(24(27(37)38)40-19-9-8-18-15-33-34(6)31(39)21(18)12-19)29(5)16(2)10-11-30(17(3)26(28)36)14-22(32)23(35)25(29)30/h7-9,12,15-17,20,22,24-26,36,39H,1,10-11,13-14H2,2-6H3,(H,37,38)/t16-,17+,20+,22?,24?,25+,26+,28-,29-,30+/m1/s1. The Kier molecular flexibility index (Phi) is 6.98. The Labute approximate surface area is 235 Å². The number of aliphatic carboxylic acids is 1. The summed E-state index contributed by atoms with van der Waals surface area (Å²) in [4.78, 5) is 28.1. The Morgan fingerprint density at radius 1 is 1.32 bits per heavy atom. The maximum atomic E-state index is 15.4. The molecule has 0 saturated heterocycles. The number of carbonyl (C=O) groups is 2. The van der Waals surface area contributed by atoms with Gasteiger partial charge in [-0.05, 0) is 71.5 Å². The van der Waals surface area contributed by atoms with Crippen LogP contribution in [-0.4, -0.2) is 70.6 Å². The zero-order valence-corrected chi connectivity index (χ0v) is 23.9. The number of rotatable bonds is 5. The largest absolute Gasteiger partial charge is 0.478 e. The molecule has 10 heteroatoms. The highest BCUT2D eigenvalue weighted by Gasteiger charge is 2.71. The number of aliphatic hydroxyl groups is 1. The average Bonchev–Trinajstić information content (AvgIpc) is 3.20. The van der Waals surface area contributed by atoms with E-state index in [1.807, 2.05) is 27.7 Å². The van der Waals surface area contributed by atoms with E-state index in [0.29, 0.717) is 23.9 Å². The molecule has 2 bridgehead atoms. The van der Waals surface area contributed by atoms with Gasteiger partial charge in [-0.25, -0.2) is 9.18 Å². The number of nitrogens with zero attached hydrogens (tertiary/aromatic N) is 2. The molecule has 3 N–H and O–H groups in total. The molecule has 1 heterocycles. The topological polar surface area (TPSA) is 120 Å². The second-order valence-corrected chi connectivity index (χ2v) is 13.2. The quantitative estimate of drug-likeness (QED) is 0.378. The summed E-state index contributed by atoms with van der Waals surface area (Å²) < 4.78 is 21.7. The summed E-state index contributed by atoms with van der Waals surface area (Å²) in [6.45, 7) is 11.7. The van der Waals surface area contributed by atoms with Crippen LogP contribution in [0.1, 0.15) is 58.9 Å². The van der Waals surface area contributed by atoms with Crippen molar-refractivity contribution in [2.45, 2.75) is 71.8 Å². The van der Waals surface area contributed by atoms with Gasteiger partial charge in [0.05, 0.1) is 12.3 Å². The lowest BCUT2D eigenvalue weighted by Crippen LogP contribution is -2.63. The summed E-state index contributed by atoms with van der Waals surface area (Å²) in [5.74, 6) is -3.42. The van der Waals surface area contributed by atoms with Crippen LogP contribution in [0.3, 0.4) is 0 Å². The van der Waals surface area contributed by atoms with Crippen molar-refractivity contribution in [1.29, 1.82) is 0 Å². The number of carboxylic acids is 1.